The fourth-order valence-corrected chi connectivity index (χ4v) is 2.06. The Morgan fingerprint density at radius 1 is 1.16 bits per heavy atom. The normalized spacial score (nSPS) is 10.6. The predicted octanol–water partition coefficient (Wildman–Crippen LogP) is 2.95. The lowest BCUT2D eigenvalue weighted by Crippen LogP contribution is -2.17. The van der Waals surface area contributed by atoms with E-state index in [9.17, 15) is 0 Å². The van der Waals surface area contributed by atoms with Crippen LogP contribution in [0.2, 0.25) is 0 Å². The summed E-state index contributed by atoms with van der Waals surface area (Å²) in [4.78, 5) is 0. The highest BCUT2D eigenvalue weighted by atomic mass is 32.1. The van der Waals surface area contributed by atoms with E-state index in [1.807, 2.05) is 55.5 Å². The highest BCUT2D eigenvalue weighted by molar-refractivity contribution is 7.80. The summed E-state index contributed by atoms with van der Waals surface area (Å²) in [6, 6.07) is 15.3. The summed E-state index contributed by atoms with van der Waals surface area (Å²) in [5.41, 5.74) is 2.74. The van der Waals surface area contributed by atoms with Gasteiger partial charge in [0.05, 0.1) is 5.52 Å². The Labute approximate surface area is 115 Å². The fourth-order valence-electron chi connectivity index (χ4n) is 1.83. The molecule has 0 saturated carbocycles. The number of nitrogens with zero attached hydrogens (tertiary/aromatic N) is 3. The maximum absolute atomic E-state index is 5.64. The Kier molecular flexibility index (Phi) is 2.97. The van der Waals surface area contributed by atoms with Gasteiger partial charge in [-0.2, -0.15) is 4.68 Å². The molecule has 0 radical (unpaired) electrons. The second-order valence-corrected chi connectivity index (χ2v) is 4.52. The van der Waals surface area contributed by atoms with Crippen molar-refractivity contribution in [3.8, 4) is 5.75 Å². The zero-order chi connectivity index (χ0) is 13.2. The molecule has 0 aliphatic carbocycles. The number of hydrogen-bond acceptors (Lipinski definition) is 4. The maximum Gasteiger partial charge on any atom is 0.292 e. The zero-order valence-electron chi connectivity index (χ0n) is 10.3. The third-order valence-corrected chi connectivity index (χ3v) is 2.98. The van der Waals surface area contributed by atoms with E-state index in [-0.39, 0.29) is 5.17 Å². The minimum Gasteiger partial charge on any atom is -0.430 e. The highest BCUT2D eigenvalue weighted by Crippen LogP contribution is 2.15. The van der Waals surface area contributed by atoms with Gasteiger partial charge in [-0.05, 0) is 49.0 Å². The zero-order valence-corrected chi connectivity index (χ0v) is 11.1. The first-order valence-corrected chi connectivity index (χ1v) is 6.24. The number of benzene rings is 2. The Morgan fingerprint density at radius 3 is 2.84 bits per heavy atom. The van der Waals surface area contributed by atoms with Gasteiger partial charge in [-0.1, -0.05) is 29.5 Å². The van der Waals surface area contributed by atoms with Crippen LogP contribution in [-0.4, -0.2) is 20.2 Å². The van der Waals surface area contributed by atoms with E-state index in [0.29, 0.717) is 5.75 Å². The third-order valence-electron chi connectivity index (χ3n) is 2.72. The van der Waals surface area contributed by atoms with Gasteiger partial charge in [0.15, 0.2) is 0 Å². The number of para-hydroxylation sites is 1. The molecule has 94 valence electrons. The summed E-state index contributed by atoms with van der Waals surface area (Å²) in [5.74, 6) is 0.699. The van der Waals surface area contributed by atoms with Crippen molar-refractivity contribution >= 4 is 28.4 Å². The Hall–Kier alpha value is -2.27. The van der Waals surface area contributed by atoms with Crippen LogP contribution in [0.5, 0.6) is 5.75 Å². The van der Waals surface area contributed by atoms with Gasteiger partial charge in [-0.15, -0.1) is 5.10 Å². The molecule has 0 spiro atoms. The molecule has 19 heavy (non-hydrogen) atoms. The lowest BCUT2D eigenvalue weighted by molar-refractivity contribution is 0.528. The van der Waals surface area contributed by atoms with Crippen molar-refractivity contribution in [2.24, 2.45) is 0 Å². The summed E-state index contributed by atoms with van der Waals surface area (Å²) < 4.78 is 7.16. The molecular formula is C14H11N3OS. The third kappa shape index (κ3) is 2.32. The van der Waals surface area contributed by atoms with Crippen molar-refractivity contribution in [1.82, 2.24) is 15.0 Å². The van der Waals surface area contributed by atoms with Crippen molar-refractivity contribution in [3.63, 3.8) is 0 Å². The summed E-state index contributed by atoms with van der Waals surface area (Å²) >= 11 is 5.27. The first kappa shape index (κ1) is 11.8. The number of thiocarbonyl (C=S) groups is 1. The van der Waals surface area contributed by atoms with Crippen molar-refractivity contribution in [2.75, 3.05) is 0 Å². The van der Waals surface area contributed by atoms with E-state index in [1.165, 1.54) is 4.68 Å². The molecule has 0 atom stereocenters. The number of hydrogen-bond donors (Lipinski definition) is 0. The molecule has 5 heteroatoms. The molecule has 0 unspecified atom stereocenters. The topological polar surface area (TPSA) is 39.9 Å². The highest BCUT2D eigenvalue weighted by Gasteiger charge is 2.10. The number of rotatable bonds is 1. The number of aryl methyl sites for hydroxylation is 1. The van der Waals surface area contributed by atoms with E-state index in [1.54, 1.807) is 0 Å². The molecule has 0 N–H and O–H groups in total. The number of fused-ring (bicyclic) bond motifs is 1. The first-order chi connectivity index (χ1) is 9.24. The summed E-state index contributed by atoms with van der Waals surface area (Å²) in [5, 5.41) is 8.32. The van der Waals surface area contributed by atoms with Gasteiger partial charge in [0.25, 0.3) is 5.17 Å². The van der Waals surface area contributed by atoms with Crippen LogP contribution in [0.15, 0.2) is 48.5 Å². The van der Waals surface area contributed by atoms with E-state index in [4.69, 9.17) is 17.0 Å². The Bertz CT molecular complexity index is 751. The van der Waals surface area contributed by atoms with Crippen LogP contribution >= 0.6 is 12.2 Å². The van der Waals surface area contributed by atoms with Crippen molar-refractivity contribution in [3.05, 3.63) is 54.1 Å². The van der Waals surface area contributed by atoms with Crippen LogP contribution in [0.3, 0.4) is 0 Å². The molecule has 4 nitrogen and oxygen atoms in total. The molecule has 1 heterocycles. The van der Waals surface area contributed by atoms with E-state index in [2.05, 4.69) is 10.3 Å². The van der Waals surface area contributed by atoms with Gasteiger partial charge in [-0.25, -0.2) is 0 Å². The fraction of sp³-hybridized carbons (Fsp3) is 0.0714. The molecule has 0 saturated heterocycles. The van der Waals surface area contributed by atoms with Crippen LogP contribution in [0.25, 0.3) is 11.0 Å². The minimum absolute atomic E-state index is 0.263. The molecule has 3 aromatic rings. The second-order valence-electron chi connectivity index (χ2n) is 4.17. The second kappa shape index (κ2) is 4.78. The monoisotopic (exact) mass is 269 g/mol. The largest absolute Gasteiger partial charge is 0.430 e. The van der Waals surface area contributed by atoms with Crippen LogP contribution in [-0.2, 0) is 0 Å². The molecular weight excluding hydrogens is 258 g/mol. The standard InChI is InChI=1S/C14H11N3OS/c1-10-5-4-6-11(9-10)18-14(19)17-13-8-3-2-7-12(13)15-16-17/h2-9H,1H3. The first-order valence-electron chi connectivity index (χ1n) is 5.83. The SMILES string of the molecule is Cc1cccc(OC(=S)n2nnc3ccccc32)c1. The number of ether oxygens (including phenoxy) is 1. The number of aromatic nitrogens is 3. The molecule has 1 aromatic heterocycles. The van der Waals surface area contributed by atoms with Gasteiger partial charge in [-0.3, -0.25) is 0 Å². The van der Waals surface area contributed by atoms with Gasteiger partial charge >= 0.3 is 0 Å². The van der Waals surface area contributed by atoms with E-state index in [0.717, 1.165) is 16.6 Å². The summed E-state index contributed by atoms with van der Waals surface area (Å²) in [6.45, 7) is 2.00. The van der Waals surface area contributed by atoms with Crippen LogP contribution < -0.4 is 4.74 Å². The van der Waals surface area contributed by atoms with Crippen molar-refractivity contribution in [2.45, 2.75) is 6.92 Å². The summed E-state index contributed by atoms with van der Waals surface area (Å²) in [6.07, 6.45) is 0. The molecule has 0 aliphatic rings. The van der Waals surface area contributed by atoms with Gasteiger partial charge in [0.1, 0.15) is 11.3 Å². The average molecular weight is 269 g/mol. The van der Waals surface area contributed by atoms with Gasteiger partial charge in [0.2, 0.25) is 0 Å². The van der Waals surface area contributed by atoms with Gasteiger partial charge < -0.3 is 4.74 Å². The predicted molar refractivity (Wildman–Crippen MR) is 77.3 cm³/mol. The van der Waals surface area contributed by atoms with Crippen LogP contribution in [0.4, 0.5) is 0 Å². The van der Waals surface area contributed by atoms with E-state index < -0.39 is 0 Å². The van der Waals surface area contributed by atoms with Crippen LogP contribution in [0, 0.1) is 6.92 Å². The quantitative estimate of drug-likeness (QED) is 0.637. The van der Waals surface area contributed by atoms with Crippen molar-refractivity contribution < 1.29 is 4.74 Å². The molecule has 0 bridgehead atoms. The molecule has 3 rings (SSSR count). The molecule has 0 fully saturated rings. The molecule has 0 amide bonds. The van der Waals surface area contributed by atoms with E-state index >= 15 is 0 Å². The van der Waals surface area contributed by atoms with Gasteiger partial charge in [0, 0.05) is 0 Å². The van der Waals surface area contributed by atoms with Crippen LogP contribution in [0.1, 0.15) is 5.56 Å². The Morgan fingerprint density at radius 2 is 2.00 bits per heavy atom. The smallest absolute Gasteiger partial charge is 0.292 e. The Balaban J connectivity index is 1.92. The molecule has 0 aliphatic heterocycles. The lowest BCUT2D eigenvalue weighted by atomic mass is 10.2. The minimum atomic E-state index is 0.263. The summed E-state index contributed by atoms with van der Waals surface area (Å²) in [7, 11) is 0. The maximum atomic E-state index is 5.64. The lowest BCUT2D eigenvalue weighted by Gasteiger charge is -2.07. The average Bonchev–Trinajstić information content (AvgIpc) is 2.82. The van der Waals surface area contributed by atoms with Crippen molar-refractivity contribution in [1.29, 1.82) is 0 Å². The molecule has 2 aromatic carbocycles.